The van der Waals surface area contributed by atoms with Crippen molar-refractivity contribution >= 4 is 34.2 Å². The first-order valence-corrected chi connectivity index (χ1v) is 10.4. The highest BCUT2D eigenvalue weighted by Crippen LogP contribution is 2.31. The van der Waals surface area contributed by atoms with Crippen LogP contribution in [0.15, 0.2) is 54.9 Å². The second kappa shape index (κ2) is 8.09. The lowest BCUT2D eigenvalue weighted by atomic mass is 10.1. The van der Waals surface area contributed by atoms with E-state index in [2.05, 4.69) is 15.3 Å². The van der Waals surface area contributed by atoms with Gasteiger partial charge in [-0.3, -0.25) is 4.79 Å². The number of halogens is 1. The van der Waals surface area contributed by atoms with Gasteiger partial charge in [-0.15, -0.1) is 0 Å². The van der Waals surface area contributed by atoms with Gasteiger partial charge >= 0.3 is 0 Å². The maximum Gasteiger partial charge on any atom is 0.259 e. The van der Waals surface area contributed by atoms with Crippen molar-refractivity contribution in [3.8, 4) is 11.4 Å². The Morgan fingerprint density at radius 3 is 2.87 bits per heavy atom. The van der Waals surface area contributed by atoms with Crippen LogP contribution >= 0.6 is 11.6 Å². The van der Waals surface area contributed by atoms with Crippen molar-refractivity contribution in [2.24, 2.45) is 0 Å². The fourth-order valence-corrected chi connectivity index (χ4v) is 4.09. The van der Waals surface area contributed by atoms with E-state index in [1.807, 2.05) is 47.3 Å². The summed E-state index contributed by atoms with van der Waals surface area (Å²) >= 11 is 6.46. The van der Waals surface area contributed by atoms with Gasteiger partial charge in [-0.1, -0.05) is 11.6 Å². The van der Waals surface area contributed by atoms with Crippen LogP contribution in [0.1, 0.15) is 35.1 Å². The van der Waals surface area contributed by atoms with Crippen LogP contribution in [-0.2, 0) is 4.74 Å². The van der Waals surface area contributed by atoms with Crippen LogP contribution in [0.3, 0.4) is 0 Å². The van der Waals surface area contributed by atoms with Crippen molar-refractivity contribution in [2.75, 3.05) is 19.0 Å². The van der Waals surface area contributed by atoms with Gasteiger partial charge in [0.2, 0.25) is 0 Å². The van der Waals surface area contributed by atoms with E-state index in [0.29, 0.717) is 22.0 Å². The molecule has 1 aliphatic heterocycles. The van der Waals surface area contributed by atoms with Crippen molar-refractivity contribution in [3.63, 3.8) is 0 Å². The Morgan fingerprint density at radius 1 is 1.29 bits per heavy atom. The zero-order valence-corrected chi connectivity index (χ0v) is 17.6. The second-order valence-electron chi connectivity index (χ2n) is 7.40. The minimum atomic E-state index is -0.309. The molecule has 1 atom stereocenters. The fraction of sp³-hybridized carbons (Fsp3) is 0.217. The number of amides is 1. The lowest BCUT2D eigenvalue weighted by molar-refractivity contribution is 0.102. The lowest BCUT2D eigenvalue weighted by Gasteiger charge is -2.13. The molecule has 31 heavy (non-hydrogen) atoms. The molecule has 1 fully saturated rings. The van der Waals surface area contributed by atoms with Gasteiger partial charge in [0.1, 0.15) is 17.7 Å². The Balaban J connectivity index is 1.41. The fourth-order valence-electron chi connectivity index (χ4n) is 3.83. The summed E-state index contributed by atoms with van der Waals surface area (Å²) in [7, 11) is 1.53. The number of methoxy groups -OCH3 is 1. The molecule has 5 rings (SSSR count). The molecule has 1 amide bonds. The molecule has 158 valence electrons. The van der Waals surface area contributed by atoms with E-state index in [-0.39, 0.29) is 12.0 Å². The third kappa shape index (κ3) is 3.78. The zero-order chi connectivity index (χ0) is 21.4. The van der Waals surface area contributed by atoms with Gasteiger partial charge in [0.25, 0.3) is 5.91 Å². The van der Waals surface area contributed by atoms with Gasteiger partial charge < -0.3 is 24.3 Å². The van der Waals surface area contributed by atoms with Crippen LogP contribution in [0.2, 0.25) is 5.02 Å². The van der Waals surface area contributed by atoms with Gasteiger partial charge in [-0.05, 0) is 49.2 Å². The number of hydrogen-bond donors (Lipinski definition) is 2. The molecule has 0 bridgehead atoms. The van der Waals surface area contributed by atoms with E-state index in [9.17, 15) is 4.79 Å². The normalized spacial score (nSPS) is 16.0. The molecule has 2 aromatic heterocycles. The molecular formula is C23H21ClN4O3. The van der Waals surface area contributed by atoms with Crippen LogP contribution in [0, 0.1) is 0 Å². The number of fused-ring (bicyclic) bond motifs is 1. The van der Waals surface area contributed by atoms with Crippen molar-refractivity contribution < 1.29 is 14.3 Å². The summed E-state index contributed by atoms with van der Waals surface area (Å²) in [6.45, 7) is 0.760. The van der Waals surface area contributed by atoms with E-state index >= 15 is 0 Å². The number of carbonyl (C=O) groups excluding carboxylic acids is 1. The number of hydrogen-bond acceptors (Lipinski definition) is 4. The number of ether oxygens (including phenoxy) is 2. The Kier molecular flexibility index (Phi) is 5.13. The van der Waals surface area contributed by atoms with Gasteiger partial charge in [-0.25, -0.2) is 4.98 Å². The molecule has 7 nitrogen and oxygen atoms in total. The quantitative estimate of drug-likeness (QED) is 0.455. The van der Waals surface area contributed by atoms with Crippen LogP contribution in [0.5, 0.6) is 5.75 Å². The first-order valence-electron chi connectivity index (χ1n) is 10.1. The molecule has 1 unspecified atom stereocenters. The molecule has 0 spiro atoms. The summed E-state index contributed by atoms with van der Waals surface area (Å²) in [5.41, 5.74) is 3.41. The number of nitrogens with zero attached hydrogens (tertiary/aromatic N) is 2. The summed E-state index contributed by atoms with van der Waals surface area (Å²) in [6, 6.07) is 12.7. The topological polar surface area (TPSA) is 81.2 Å². The van der Waals surface area contributed by atoms with Gasteiger partial charge in [0, 0.05) is 30.8 Å². The summed E-state index contributed by atoms with van der Waals surface area (Å²) in [5, 5.41) is 3.37. The monoisotopic (exact) mass is 436 g/mol. The molecule has 8 heteroatoms. The Morgan fingerprint density at radius 2 is 2.13 bits per heavy atom. The SMILES string of the molecule is COc1cc(-n2cccc2)c(Cl)cc1C(=O)Nc1ccc2nc(C3CCCO3)[nH]c2c1. The summed E-state index contributed by atoms with van der Waals surface area (Å²) in [5.74, 6) is 0.954. The molecule has 4 aromatic rings. The first kappa shape index (κ1) is 19.7. The number of anilines is 1. The van der Waals surface area contributed by atoms with Crippen molar-refractivity contribution in [1.29, 1.82) is 0 Å². The average Bonchev–Trinajstić information content (AvgIpc) is 3.54. The van der Waals surface area contributed by atoms with Gasteiger partial charge in [-0.2, -0.15) is 0 Å². The smallest absolute Gasteiger partial charge is 0.259 e. The number of rotatable bonds is 5. The zero-order valence-electron chi connectivity index (χ0n) is 16.9. The number of aromatic nitrogens is 3. The summed E-state index contributed by atoms with van der Waals surface area (Å²) < 4.78 is 13.0. The molecule has 2 N–H and O–H groups in total. The maximum absolute atomic E-state index is 13.0. The Labute approximate surface area is 184 Å². The minimum Gasteiger partial charge on any atom is -0.496 e. The standard InChI is InChI=1S/C23H21ClN4O3/c1-30-21-13-19(28-8-2-3-9-28)16(24)12-15(21)23(29)25-14-6-7-17-18(11-14)27-22(26-17)20-5-4-10-31-20/h2-3,6-9,11-13,20H,4-5,10H2,1H3,(H,25,29)(H,26,27). The Bertz CT molecular complexity index is 1240. The average molecular weight is 437 g/mol. The number of imidazole rings is 1. The molecule has 2 aromatic carbocycles. The van der Waals surface area contributed by atoms with E-state index in [1.54, 1.807) is 12.1 Å². The lowest BCUT2D eigenvalue weighted by Crippen LogP contribution is -2.13. The third-order valence-electron chi connectivity index (χ3n) is 5.39. The van der Waals surface area contributed by atoms with Gasteiger partial charge in [0.05, 0.1) is 34.4 Å². The predicted octanol–water partition coefficient (Wildman–Crippen LogP) is 5.12. The first-order chi connectivity index (χ1) is 15.1. The van der Waals surface area contributed by atoms with Crippen LogP contribution in [0.25, 0.3) is 16.7 Å². The van der Waals surface area contributed by atoms with E-state index < -0.39 is 0 Å². The molecule has 1 aliphatic rings. The van der Waals surface area contributed by atoms with E-state index in [1.165, 1.54) is 7.11 Å². The highest BCUT2D eigenvalue weighted by Gasteiger charge is 2.21. The van der Waals surface area contributed by atoms with E-state index in [4.69, 9.17) is 21.1 Å². The molecule has 1 saturated heterocycles. The molecule has 0 aliphatic carbocycles. The number of benzene rings is 2. The van der Waals surface area contributed by atoms with Crippen LogP contribution < -0.4 is 10.1 Å². The Hall–Kier alpha value is -3.29. The molecular weight excluding hydrogens is 416 g/mol. The maximum atomic E-state index is 13.0. The van der Waals surface area contributed by atoms with Crippen LogP contribution in [0.4, 0.5) is 5.69 Å². The van der Waals surface area contributed by atoms with Crippen molar-refractivity contribution in [3.05, 3.63) is 71.3 Å². The van der Waals surface area contributed by atoms with Gasteiger partial charge in [0.15, 0.2) is 0 Å². The molecule has 3 heterocycles. The second-order valence-corrected chi connectivity index (χ2v) is 7.81. The molecule has 0 saturated carbocycles. The number of H-pyrrole nitrogens is 1. The highest BCUT2D eigenvalue weighted by atomic mass is 35.5. The highest BCUT2D eigenvalue weighted by molar-refractivity contribution is 6.33. The third-order valence-corrected chi connectivity index (χ3v) is 5.69. The largest absolute Gasteiger partial charge is 0.496 e. The summed E-state index contributed by atoms with van der Waals surface area (Å²) in [6.07, 6.45) is 5.77. The van der Waals surface area contributed by atoms with Crippen molar-refractivity contribution in [2.45, 2.75) is 18.9 Å². The van der Waals surface area contributed by atoms with Crippen molar-refractivity contribution in [1.82, 2.24) is 14.5 Å². The summed E-state index contributed by atoms with van der Waals surface area (Å²) in [4.78, 5) is 20.9. The van der Waals surface area contributed by atoms with E-state index in [0.717, 1.165) is 42.0 Å². The number of nitrogens with one attached hydrogen (secondary N) is 2. The minimum absolute atomic E-state index is 0.00987. The number of aromatic amines is 1. The van der Waals surface area contributed by atoms with Crippen LogP contribution in [-0.4, -0.2) is 34.2 Å². The molecule has 0 radical (unpaired) electrons. The predicted molar refractivity (Wildman–Crippen MR) is 119 cm³/mol. The number of carbonyl (C=O) groups is 1.